The van der Waals surface area contributed by atoms with Crippen LogP contribution < -0.4 is 16.0 Å². The van der Waals surface area contributed by atoms with Crippen LogP contribution in [0, 0.1) is 0 Å². The molecule has 1 aromatic carbocycles. The fraction of sp³-hybridized carbons (Fsp3) is 0.600. The number of aromatic nitrogens is 2. The summed E-state index contributed by atoms with van der Waals surface area (Å²) in [6.07, 6.45) is -0.102. The van der Waals surface area contributed by atoms with Crippen LogP contribution in [0.25, 0.3) is 0 Å². The van der Waals surface area contributed by atoms with Crippen molar-refractivity contribution < 1.29 is 18.3 Å². The van der Waals surface area contributed by atoms with Crippen molar-refractivity contribution in [1.82, 2.24) is 14.9 Å². The Bertz CT molecular complexity index is 1050. The van der Waals surface area contributed by atoms with Crippen molar-refractivity contribution in [1.29, 1.82) is 0 Å². The molecule has 4 rings (SSSR count). The molecule has 1 saturated carbocycles. The number of nitrogens with two attached hydrogens (primary N) is 1. The summed E-state index contributed by atoms with van der Waals surface area (Å²) in [6.45, 7) is 6.45. The van der Waals surface area contributed by atoms with Crippen LogP contribution in [-0.2, 0) is 6.18 Å². The van der Waals surface area contributed by atoms with Gasteiger partial charge in [-0.15, -0.1) is 0 Å². The number of hydrogen-bond donors (Lipinski definition) is 3. The van der Waals surface area contributed by atoms with Gasteiger partial charge < -0.3 is 21.1 Å². The van der Waals surface area contributed by atoms with Crippen LogP contribution in [0.2, 0.25) is 5.28 Å². The quantitative estimate of drug-likeness (QED) is 0.432. The number of halogens is 4. The van der Waals surface area contributed by atoms with Crippen LogP contribution in [-0.4, -0.2) is 57.8 Å². The number of alkyl halides is 3. The number of rotatable bonds is 7. The highest BCUT2D eigenvalue weighted by molar-refractivity contribution is 6.28. The number of benzene rings is 1. The molecule has 0 spiro atoms. The van der Waals surface area contributed by atoms with Crippen molar-refractivity contribution in [3.8, 4) is 0 Å². The molecule has 0 radical (unpaired) electrons. The van der Waals surface area contributed by atoms with Crippen molar-refractivity contribution in [2.45, 2.75) is 69.8 Å². The van der Waals surface area contributed by atoms with Crippen LogP contribution in [0.1, 0.15) is 63.1 Å². The van der Waals surface area contributed by atoms with Crippen LogP contribution in [0.3, 0.4) is 0 Å². The molecule has 2 fully saturated rings. The molecule has 1 aromatic heterocycles. The molecule has 4 N–H and O–H groups in total. The second-order valence-electron chi connectivity index (χ2n) is 9.94. The highest BCUT2D eigenvalue weighted by Crippen LogP contribution is 2.36. The van der Waals surface area contributed by atoms with Crippen molar-refractivity contribution in [3.63, 3.8) is 0 Å². The van der Waals surface area contributed by atoms with Gasteiger partial charge in [0.2, 0.25) is 5.28 Å². The number of nitrogens with one attached hydrogen (secondary N) is 1. The summed E-state index contributed by atoms with van der Waals surface area (Å²) in [4.78, 5) is 13.0. The molecule has 2 atom stereocenters. The Morgan fingerprint density at radius 3 is 2.44 bits per heavy atom. The zero-order valence-electron chi connectivity index (χ0n) is 20.7. The lowest BCUT2D eigenvalue weighted by Crippen LogP contribution is -2.53. The van der Waals surface area contributed by atoms with Crippen molar-refractivity contribution in [3.05, 3.63) is 40.7 Å². The molecule has 2 aromatic rings. The Balaban J connectivity index is 1.47. The SMILES string of the molecule is CCC(c1ccc(C(F)(F)F)cc1)N1CCN(c2nc(Cl)nc(NCC3(O)CCCC3)c2N)C(C)C1. The third-order valence-electron chi connectivity index (χ3n) is 7.40. The summed E-state index contributed by atoms with van der Waals surface area (Å²) in [5, 5.41) is 13.9. The van der Waals surface area contributed by atoms with Gasteiger partial charge in [0, 0.05) is 38.3 Å². The topological polar surface area (TPSA) is 90.5 Å². The molecule has 2 unspecified atom stereocenters. The van der Waals surface area contributed by atoms with E-state index >= 15 is 0 Å². The third-order valence-corrected chi connectivity index (χ3v) is 7.57. The second-order valence-corrected chi connectivity index (χ2v) is 10.3. The van der Waals surface area contributed by atoms with E-state index in [1.165, 1.54) is 0 Å². The first-order valence-corrected chi connectivity index (χ1v) is 12.9. The predicted molar refractivity (Wildman–Crippen MR) is 136 cm³/mol. The zero-order valence-corrected chi connectivity index (χ0v) is 21.4. The first-order chi connectivity index (χ1) is 17.0. The van der Waals surface area contributed by atoms with Gasteiger partial charge in [0.05, 0.1) is 11.2 Å². The standard InChI is InChI=1S/C25H34ClF3N6O/c1-3-19(17-6-8-18(9-7-17)25(27,28)29)34-12-13-35(16(2)14-34)22-20(30)21(32-23(26)33-22)31-15-24(36)10-4-5-11-24/h6-9,16,19,36H,3-5,10-15,30H2,1-2H3,(H,31,32,33). The van der Waals surface area contributed by atoms with Gasteiger partial charge in [0.1, 0.15) is 5.69 Å². The Labute approximate surface area is 214 Å². The third kappa shape index (κ3) is 5.81. The molecule has 2 heterocycles. The van der Waals surface area contributed by atoms with Crippen LogP contribution in [0.5, 0.6) is 0 Å². The summed E-state index contributed by atoms with van der Waals surface area (Å²) in [5.74, 6) is 0.960. The first kappa shape index (κ1) is 26.8. The minimum atomic E-state index is -4.35. The van der Waals surface area contributed by atoms with E-state index in [4.69, 9.17) is 17.3 Å². The molecule has 0 bridgehead atoms. The normalized spacial score (nSPS) is 21.5. The summed E-state index contributed by atoms with van der Waals surface area (Å²) in [6, 6.07) is 5.49. The van der Waals surface area contributed by atoms with E-state index in [0.29, 0.717) is 43.5 Å². The zero-order chi connectivity index (χ0) is 26.1. The number of nitrogen functional groups attached to an aromatic ring is 1. The lowest BCUT2D eigenvalue weighted by molar-refractivity contribution is -0.137. The van der Waals surface area contributed by atoms with Crippen LogP contribution in [0.15, 0.2) is 24.3 Å². The summed E-state index contributed by atoms with van der Waals surface area (Å²) >= 11 is 6.25. The fourth-order valence-corrected chi connectivity index (χ4v) is 5.59. The molecule has 0 amide bonds. The number of nitrogens with zero attached hydrogens (tertiary/aromatic N) is 4. The average molecular weight is 527 g/mol. The monoisotopic (exact) mass is 526 g/mol. The summed E-state index contributed by atoms with van der Waals surface area (Å²) < 4.78 is 39.0. The Kier molecular flexibility index (Phi) is 7.87. The predicted octanol–water partition coefficient (Wildman–Crippen LogP) is 5.11. The van der Waals surface area contributed by atoms with E-state index in [-0.39, 0.29) is 17.4 Å². The van der Waals surface area contributed by atoms with Gasteiger partial charge in [-0.25, -0.2) is 0 Å². The van der Waals surface area contributed by atoms with E-state index in [0.717, 1.165) is 49.8 Å². The largest absolute Gasteiger partial charge is 0.416 e. The lowest BCUT2D eigenvalue weighted by atomic mass is 9.99. The number of hydrogen-bond acceptors (Lipinski definition) is 7. The van der Waals surface area contributed by atoms with Crippen molar-refractivity contribution in [2.75, 3.05) is 42.1 Å². The van der Waals surface area contributed by atoms with Gasteiger partial charge in [0.25, 0.3) is 0 Å². The number of anilines is 3. The summed E-state index contributed by atoms with van der Waals surface area (Å²) in [7, 11) is 0. The van der Waals surface area contributed by atoms with Crippen molar-refractivity contribution >= 4 is 28.9 Å². The van der Waals surface area contributed by atoms with Gasteiger partial charge in [-0.3, -0.25) is 4.90 Å². The molecular weight excluding hydrogens is 493 g/mol. The van der Waals surface area contributed by atoms with E-state index in [1.807, 2.05) is 6.92 Å². The Morgan fingerprint density at radius 1 is 1.19 bits per heavy atom. The first-order valence-electron chi connectivity index (χ1n) is 12.5. The maximum Gasteiger partial charge on any atom is 0.416 e. The van der Waals surface area contributed by atoms with E-state index in [9.17, 15) is 18.3 Å². The number of piperazine rings is 1. The molecule has 2 aliphatic rings. The molecule has 1 aliphatic carbocycles. The molecule has 36 heavy (non-hydrogen) atoms. The minimum Gasteiger partial charge on any atom is -0.393 e. The van der Waals surface area contributed by atoms with Gasteiger partial charge in [-0.1, -0.05) is 31.9 Å². The van der Waals surface area contributed by atoms with Gasteiger partial charge >= 0.3 is 6.18 Å². The molecule has 1 aliphatic heterocycles. The smallest absolute Gasteiger partial charge is 0.393 e. The molecule has 198 valence electrons. The second kappa shape index (κ2) is 10.6. The average Bonchev–Trinajstić information content (AvgIpc) is 3.27. The highest BCUT2D eigenvalue weighted by Gasteiger charge is 2.34. The molecule has 11 heteroatoms. The maximum atomic E-state index is 13.0. The van der Waals surface area contributed by atoms with E-state index < -0.39 is 17.3 Å². The van der Waals surface area contributed by atoms with Crippen LogP contribution >= 0.6 is 11.6 Å². The highest BCUT2D eigenvalue weighted by atomic mass is 35.5. The Hall–Kier alpha value is -2.30. The van der Waals surface area contributed by atoms with Gasteiger partial charge in [0.15, 0.2) is 11.6 Å². The van der Waals surface area contributed by atoms with Gasteiger partial charge in [-0.2, -0.15) is 23.1 Å². The van der Waals surface area contributed by atoms with E-state index in [2.05, 4.69) is 32.0 Å². The fourth-order valence-electron chi connectivity index (χ4n) is 5.43. The van der Waals surface area contributed by atoms with E-state index in [1.54, 1.807) is 12.1 Å². The minimum absolute atomic E-state index is 0.00704. The number of aliphatic hydroxyl groups is 1. The van der Waals surface area contributed by atoms with Crippen molar-refractivity contribution in [2.24, 2.45) is 0 Å². The summed E-state index contributed by atoms with van der Waals surface area (Å²) in [5.41, 5.74) is 6.31. The Morgan fingerprint density at radius 2 is 1.86 bits per heavy atom. The van der Waals surface area contributed by atoms with Gasteiger partial charge in [-0.05, 0) is 55.5 Å². The molecule has 1 saturated heterocycles. The molecule has 7 nitrogen and oxygen atoms in total. The maximum absolute atomic E-state index is 13.0. The van der Waals surface area contributed by atoms with Crippen LogP contribution in [0.4, 0.5) is 30.5 Å². The lowest BCUT2D eigenvalue weighted by Gasteiger charge is -2.44. The molecular formula is C25H34ClF3N6O.